The normalized spacial score (nSPS) is 15.2. The summed E-state index contributed by atoms with van der Waals surface area (Å²) < 4.78 is 5.78. The number of fused-ring (bicyclic) bond motifs is 1. The number of methoxy groups -OCH3 is 1. The van der Waals surface area contributed by atoms with Gasteiger partial charge in [-0.3, -0.25) is 0 Å². The van der Waals surface area contributed by atoms with Crippen molar-refractivity contribution in [3.8, 4) is 5.75 Å². The highest BCUT2D eigenvalue weighted by atomic mass is 35.5. The summed E-state index contributed by atoms with van der Waals surface area (Å²) in [6.07, 6.45) is 2.12. The molecule has 9 nitrogen and oxygen atoms in total. The minimum absolute atomic E-state index is 0.0443. The Morgan fingerprint density at radius 2 is 2.17 bits per heavy atom. The fraction of sp³-hybridized carbons (Fsp3) is 0.368. The van der Waals surface area contributed by atoms with Gasteiger partial charge < -0.3 is 25.0 Å². The third-order valence-corrected chi connectivity index (χ3v) is 5.75. The van der Waals surface area contributed by atoms with E-state index < -0.39 is 6.09 Å². The molecule has 0 aliphatic carbocycles. The molecule has 1 saturated heterocycles. The van der Waals surface area contributed by atoms with E-state index in [0.717, 1.165) is 16.7 Å². The van der Waals surface area contributed by atoms with Crippen molar-refractivity contribution in [1.82, 2.24) is 24.8 Å². The summed E-state index contributed by atoms with van der Waals surface area (Å²) in [7, 11) is 1.62. The standard InChI is InChI=1S/C19H21ClN6O3/c1-9-13(20)4-12(16(29-3)14(9)11-5-26(6-11)19(27)28)10(2)25-18-15-17(22-7-21-15)23-8-24-18/h4,7-8,10-11H,5-6H2,1-3H3,(H,27,28)(H2,21,22,23,24,25). The summed E-state index contributed by atoms with van der Waals surface area (Å²) in [6.45, 7) is 4.77. The van der Waals surface area contributed by atoms with Gasteiger partial charge in [-0.15, -0.1) is 0 Å². The Hall–Kier alpha value is -3.07. The molecule has 3 heterocycles. The molecule has 1 aliphatic rings. The van der Waals surface area contributed by atoms with E-state index in [0.29, 0.717) is 40.8 Å². The fourth-order valence-corrected chi connectivity index (χ4v) is 4.00. The smallest absolute Gasteiger partial charge is 0.407 e. The number of benzene rings is 1. The molecule has 0 bridgehead atoms. The minimum atomic E-state index is -0.915. The minimum Gasteiger partial charge on any atom is -0.496 e. The van der Waals surface area contributed by atoms with Crippen LogP contribution in [0.1, 0.15) is 35.6 Å². The number of aromatic amines is 1. The zero-order valence-corrected chi connectivity index (χ0v) is 17.0. The monoisotopic (exact) mass is 416 g/mol. The molecule has 4 rings (SSSR count). The lowest BCUT2D eigenvalue weighted by Crippen LogP contribution is -2.48. The van der Waals surface area contributed by atoms with E-state index in [9.17, 15) is 4.79 Å². The van der Waals surface area contributed by atoms with Crippen LogP contribution < -0.4 is 10.1 Å². The molecule has 1 atom stereocenters. The SMILES string of the molecule is COc1c(C(C)Nc2ncnc3[nH]cnc23)cc(Cl)c(C)c1C1CN(C(=O)O)C1. The largest absolute Gasteiger partial charge is 0.496 e. The van der Waals surface area contributed by atoms with Crippen molar-refractivity contribution in [1.29, 1.82) is 0 Å². The van der Waals surface area contributed by atoms with Gasteiger partial charge in [-0.2, -0.15) is 0 Å². The Morgan fingerprint density at radius 3 is 2.86 bits per heavy atom. The first-order valence-electron chi connectivity index (χ1n) is 9.16. The number of likely N-dealkylation sites (tertiary alicyclic amines) is 1. The van der Waals surface area contributed by atoms with Gasteiger partial charge in [0.1, 0.15) is 17.6 Å². The van der Waals surface area contributed by atoms with Crippen molar-refractivity contribution in [2.45, 2.75) is 25.8 Å². The van der Waals surface area contributed by atoms with Gasteiger partial charge in [0.25, 0.3) is 0 Å². The molecular weight excluding hydrogens is 396 g/mol. The molecule has 1 aliphatic heterocycles. The number of amides is 1. The predicted molar refractivity (Wildman–Crippen MR) is 109 cm³/mol. The molecule has 1 fully saturated rings. The summed E-state index contributed by atoms with van der Waals surface area (Å²) in [5.41, 5.74) is 4.02. The van der Waals surface area contributed by atoms with Gasteiger partial charge in [-0.1, -0.05) is 11.6 Å². The molecule has 10 heteroatoms. The summed E-state index contributed by atoms with van der Waals surface area (Å²) in [5.74, 6) is 1.36. The first kappa shape index (κ1) is 19.3. The first-order valence-corrected chi connectivity index (χ1v) is 9.53. The van der Waals surface area contributed by atoms with Crippen molar-refractivity contribution >= 4 is 34.7 Å². The van der Waals surface area contributed by atoms with Crippen molar-refractivity contribution in [2.24, 2.45) is 0 Å². The fourth-order valence-electron chi connectivity index (χ4n) is 3.78. The summed E-state index contributed by atoms with van der Waals surface area (Å²) in [4.78, 5) is 28.2. The second-order valence-corrected chi connectivity index (χ2v) is 7.50. The Kier molecular flexibility index (Phi) is 4.91. The summed E-state index contributed by atoms with van der Waals surface area (Å²) in [6, 6.07) is 1.69. The van der Waals surface area contributed by atoms with E-state index >= 15 is 0 Å². The molecule has 29 heavy (non-hydrogen) atoms. The molecule has 2 aromatic heterocycles. The molecule has 3 aromatic rings. The molecule has 0 radical (unpaired) electrons. The molecule has 1 amide bonds. The Labute approximate surface area is 172 Å². The number of aromatic nitrogens is 4. The molecule has 0 spiro atoms. The number of halogens is 1. The molecule has 1 unspecified atom stereocenters. The Balaban J connectivity index is 1.70. The highest BCUT2D eigenvalue weighted by Crippen LogP contribution is 2.43. The second kappa shape index (κ2) is 7.40. The number of carboxylic acid groups (broad SMARTS) is 1. The number of carbonyl (C=O) groups is 1. The maximum Gasteiger partial charge on any atom is 0.407 e. The number of anilines is 1. The molecule has 1 aromatic carbocycles. The van der Waals surface area contributed by atoms with Crippen LogP contribution in [-0.4, -0.2) is 56.2 Å². The number of H-pyrrole nitrogens is 1. The topological polar surface area (TPSA) is 116 Å². The van der Waals surface area contributed by atoms with Crippen LogP contribution in [0.25, 0.3) is 11.2 Å². The van der Waals surface area contributed by atoms with Crippen molar-refractivity contribution in [2.75, 3.05) is 25.5 Å². The van der Waals surface area contributed by atoms with Crippen LogP contribution in [0.3, 0.4) is 0 Å². The zero-order valence-electron chi connectivity index (χ0n) is 16.2. The van der Waals surface area contributed by atoms with Crippen LogP contribution >= 0.6 is 11.6 Å². The first-order chi connectivity index (χ1) is 13.9. The maximum atomic E-state index is 11.2. The number of imidazole rings is 1. The van der Waals surface area contributed by atoms with E-state index in [1.54, 1.807) is 13.4 Å². The van der Waals surface area contributed by atoms with Crippen LogP contribution in [0.5, 0.6) is 5.75 Å². The quantitative estimate of drug-likeness (QED) is 0.582. The lowest BCUT2D eigenvalue weighted by molar-refractivity contribution is 0.104. The third-order valence-electron chi connectivity index (χ3n) is 5.35. The second-order valence-electron chi connectivity index (χ2n) is 7.09. The van der Waals surface area contributed by atoms with Crippen LogP contribution in [0, 0.1) is 6.92 Å². The van der Waals surface area contributed by atoms with Gasteiger partial charge in [0.2, 0.25) is 0 Å². The number of nitrogens with one attached hydrogen (secondary N) is 2. The lowest BCUT2D eigenvalue weighted by atomic mass is 9.85. The highest BCUT2D eigenvalue weighted by molar-refractivity contribution is 6.31. The van der Waals surface area contributed by atoms with Gasteiger partial charge in [-0.05, 0) is 25.5 Å². The number of nitrogens with zero attached hydrogens (tertiary/aromatic N) is 4. The van der Waals surface area contributed by atoms with Crippen molar-refractivity contribution in [3.05, 3.63) is 40.4 Å². The van der Waals surface area contributed by atoms with E-state index in [4.69, 9.17) is 21.4 Å². The van der Waals surface area contributed by atoms with E-state index in [-0.39, 0.29) is 12.0 Å². The highest BCUT2D eigenvalue weighted by Gasteiger charge is 2.36. The molecule has 3 N–H and O–H groups in total. The lowest BCUT2D eigenvalue weighted by Gasteiger charge is -2.39. The van der Waals surface area contributed by atoms with Crippen LogP contribution in [0.15, 0.2) is 18.7 Å². The average Bonchev–Trinajstić information content (AvgIpc) is 3.13. The van der Waals surface area contributed by atoms with Gasteiger partial charge in [0.05, 0.1) is 19.5 Å². The predicted octanol–water partition coefficient (Wildman–Crippen LogP) is 3.57. The van der Waals surface area contributed by atoms with Crippen LogP contribution in [-0.2, 0) is 0 Å². The zero-order chi connectivity index (χ0) is 20.7. The summed E-state index contributed by atoms with van der Waals surface area (Å²) >= 11 is 6.54. The molecule has 152 valence electrons. The van der Waals surface area contributed by atoms with Gasteiger partial charge in [0, 0.05) is 35.2 Å². The van der Waals surface area contributed by atoms with E-state index in [2.05, 4.69) is 25.3 Å². The number of ether oxygens (including phenoxy) is 1. The summed E-state index contributed by atoms with van der Waals surface area (Å²) in [5, 5.41) is 13.1. The van der Waals surface area contributed by atoms with Crippen LogP contribution in [0.2, 0.25) is 5.02 Å². The number of hydrogen-bond donors (Lipinski definition) is 3. The van der Waals surface area contributed by atoms with Crippen molar-refractivity contribution < 1.29 is 14.6 Å². The Morgan fingerprint density at radius 1 is 1.41 bits per heavy atom. The Bertz CT molecular complexity index is 1080. The molecular formula is C19H21ClN6O3. The number of rotatable bonds is 5. The van der Waals surface area contributed by atoms with Gasteiger partial charge >= 0.3 is 6.09 Å². The van der Waals surface area contributed by atoms with E-state index in [1.165, 1.54) is 11.2 Å². The van der Waals surface area contributed by atoms with Gasteiger partial charge in [0.15, 0.2) is 11.5 Å². The molecule has 0 saturated carbocycles. The number of hydrogen-bond acceptors (Lipinski definition) is 6. The maximum absolute atomic E-state index is 11.2. The average molecular weight is 417 g/mol. The third kappa shape index (κ3) is 3.31. The van der Waals surface area contributed by atoms with E-state index in [1.807, 2.05) is 19.9 Å². The van der Waals surface area contributed by atoms with Crippen LogP contribution in [0.4, 0.5) is 10.6 Å². The van der Waals surface area contributed by atoms with Crippen molar-refractivity contribution in [3.63, 3.8) is 0 Å². The van der Waals surface area contributed by atoms with Gasteiger partial charge in [-0.25, -0.2) is 19.7 Å².